The highest BCUT2D eigenvalue weighted by molar-refractivity contribution is 5.99. The molecule has 2 aliphatic rings. The number of hydrogen-bond donors (Lipinski definition) is 2. The number of carbonyl (C=O) groups is 5. The maximum absolute atomic E-state index is 13.6. The largest absolute Gasteiger partial charge is 0.497 e. The first-order valence-corrected chi connectivity index (χ1v) is 16.9. The number of hydrogen-bond acceptors (Lipinski definition) is 10. The summed E-state index contributed by atoms with van der Waals surface area (Å²) in [6, 6.07) is 12.5. The third kappa shape index (κ3) is 8.77. The summed E-state index contributed by atoms with van der Waals surface area (Å²) in [6.07, 6.45) is 0.567. The molecule has 5 rings (SSSR count). The van der Waals surface area contributed by atoms with Gasteiger partial charge in [0.1, 0.15) is 29.0 Å². The summed E-state index contributed by atoms with van der Waals surface area (Å²) >= 11 is 0. The lowest BCUT2D eigenvalue weighted by molar-refractivity contribution is -0.138. The topological polar surface area (TPSA) is 177 Å². The highest BCUT2D eigenvalue weighted by Crippen LogP contribution is 2.39. The molecular formula is C36H43N5O10. The predicted molar refractivity (Wildman–Crippen MR) is 184 cm³/mol. The Labute approximate surface area is 295 Å². The van der Waals surface area contributed by atoms with Crippen LogP contribution in [0.15, 0.2) is 48.5 Å². The summed E-state index contributed by atoms with van der Waals surface area (Å²) in [7, 11) is 3.15. The average molecular weight is 706 g/mol. The lowest BCUT2D eigenvalue weighted by atomic mass is 10.0. The van der Waals surface area contributed by atoms with E-state index in [4.69, 9.17) is 18.9 Å². The molecule has 2 N–H and O–H groups in total. The van der Waals surface area contributed by atoms with Crippen molar-refractivity contribution < 1.29 is 48.0 Å². The molecule has 15 nitrogen and oxygen atoms in total. The molecule has 2 aromatic carbocycles. The van der Waals surface area contributed by atoms with E-state index in [-0.39, 0.29) is 75.6 Å². The molecular weight excluding hydrogens is 662 g/mol. The van der Waals surface area contributed by atoms with Crippen molar-refractivity contribution in [2.24, 2.45) is 0 Å². The zero-order valence-electron chi connectivity index (χ0n) is 29.0. The summed E-state index contributed by atoms with van der Waals surface area (Å²) < 4.78 is 22.0. The van der Waals surface area contributed by atoms with E-state index in [9.17, 15) is 29.1 Å². The van der Waals surface area contributed by atoms with Crippen molar-refractivity contribution in [1.29, 1.82) is 0 Å². The van der Waals surface area contributed by atoms with Crippen LogP contribution in [0.3, 0.4) is 0 Å². The van der Waals surface area contributed by atoms with Gasteiger partial charge in [0.15, 0.2) is 6.61 Å². The van der Waals surface area contributed by atoms with E-state index in [1.54, 1.807) is 56.4 Å². The number of carbonyl (C=O) groups excluding carboxylic acids is 4. The van der Waals surface area contributed by atoms with Crippen molar-refractivity contribution in [3.8, 4) is 17.2 Å². The van der Waals surface area contributed by atoms with Crippen LogP contribution in [0.25, 0.3) is 10.9 Å². The summed E-state index contributed by atoms with van der Waals surface area (Å²) in [4.78, 5) is 73.5. The van der Waals surface area contributed by atoms with Crippen LogP contribution in [0.1, 0.15) is 54.7 Å². The number of pyridine rings is 1. The third-order valence-corrected chi connectivity index (χ3v) is 9.00. The first-order chi connectivity index (χ1) is 24.6. The summed E-state index contributed by atoms with van der Waals surface area (Å²) in [5.74, 6) is -1.03. The SMILES string of the molecule is CCOC(=O)N1CCN(C(=O)C(CCC(=O)O)NC(=O)c2cc(OCC(=O)N3CCCC3c3ccc(OC)cc3OC)c3ccccc3n2)CC1. The maximum Gasteiger partial charge on any atom is 0.409 e. The third-order valence-electron chi connectivity index (χ3n) is 9.00. The van der Waals surface area contributed by atoms with Crippen LogP contribution in [-0.4, -0.2) is 121 Å². The number of fused-ring (bicyclic) bond motifs is 1. The normalized spacial score (nSPS) is 16.4. The number of para-hydroxylation sites is 1. The second-order valence-corrected chi connectivity index (χ2v) is 12.1. The molecule has 272 valence electrons. The van der Waals surface area contributed by atoms with Gasteiger partial charge in [0.25, 0.3) is 11.8 Å². The molecule has 0 bridgehead atoms. The van der Waals surface area contributed by atoms with Gasteiger partial charge in [-0.15, -0.1) is 0 Å². The number of nitrogens with one attached hydrogen (secondary N) is 1. The fourth-order valence-electron chi connectivity index (χ4n) is 6.39. The molecule has 4 amide bonds. The van der Waals surface area contributed by atoms with Gasteiger partial charge in [0.2, 0.25) is 5.91 Å². The number of aliphatic carboxylic acids is 1. The Balaban J connectivity index is 1.31. The Hall–Kier alpha value is -5.60. The first kappa shape index (κ1) is 36.7. The lowest BCUT2D eigenvalue weighted by Gasteiger charge is -2.35. The molecule has 2 unspecified atom stereocenters. The van der Waals surface area contributed by atoms with E-state index in [2.05, 4.69) is 10.3 Å². The molecule has 2 fully saturated rings. The van der Waals surface area contributed by atoms with Gasteiger partial charge in [-0.05, 0) is 50.5 Å². The number of ether oxygens (including phenoxy) is 4. The highest BCUT2D eigenvalue weighted by atomic mass is 16.6. The smallest absolute Gasteiger partial charge is 0.409 e. The van der Waals surface area contributed by atoms with Crippen LogP contribution >= 0.6 is 0 Å². The second kappa shape index (κ2) is 16.9. The van der Waals surface area contributed by atoms with Crippen LogP contribution in [0.2, 0.25) is 0 Å². The molecule has 2 aliphatic heterocycles. The molecule has 1 aromatic heterocycles. The summed E-state index contributed by atoms with van der Waals surface area (Å²) in [5.41, 5.74) is 1.22. The van der Waals surface area contributed by atoms with Crippen molar-refractivity contribution in [2.75, 3.05) is 60.2 Å². The minimum atomic E-state index is -1.16. The molecule has 51 heavy (non-hydrogen) atoms. The Bertz CT molecular complexity index is 1760. The Morgan fingerprint density at radius 2 is 1.69 bits per heavy atom. The summed E-state index contributed by atoms with van der Waals surface area (Å²) in [5, 5.41) is 12.6. The fourth-order valence-corrected chi connectivity index (χ4v) is 6.39. The zero-order valence-corrected chi connectivity index (χ0v) is 29.0. The van der Waals surface area contributed by atoms with Crippen LogP contribution in [0.5, 0.6) is 17.2 Å². The van der Waals surface area contributed by atoms with E-state index in [0.29, 0.717) is 28.9 Å². The fraction of sp³-hybridized carbons (Fsp3) is 0.444. The van der Waals surface area contributed by atoms with Crippen LogP contribution < -0.4 is 19.5 Å². The number of methoxy groups -OCH3 is 2. The number of likely N-dealkylation sites (tertiary alicyclic amines) is 1. The molecule has 3 heterocycles. The average Bonchev–Trinajstić information content (AvgIpc) is 3.64. The quantitative estimate of drug-likeness (QED) is 0.267. The Morgan fingerprint density at radius 3 is 2.39 bits per heavy atom. The lowest BCUT2D eigenvalue weighted by Crippen LogP contribution is -2.56. The van der Waals surface area contributed by atoms with Gasteiger partial charge in [-0.2, -0.15) is 0 Å². The summed E-state index contributed by atoms with van der Waals surface area (Å²) in [6.45, 7) is 3.03. The standard InChI is InChI=1S/C36H43N5O10/c1-4-50-36(47)40-18-16-39(17-19-40)35(46)27(13-14-33(43)44)38-34(45)28-21-31(24-8-5-6-9-26(24)37-28)51-22-32(42)41-15-7-10-29(41)25-12-11-23(48-2)20-30(25)49-3/h5-6,8-9,11-12,20-21,27,29H,4,7,10,13-19,22H2,1-3H3,(H,38,45)(H,43,44). The van der Waals surface area contributed by atoms with E-state index < -0.39 is 29.9 Å². The minimum Gasteiger partial charge on any atom is -0.497 e. The van der Waals surface area contributed by atoms with E-state index in [1.165, 1.54) is 15.9 Å². The van der Waals surface area contributed by atoms with E-state index in [1.807, 2.05) is 12.1 Å². The number of carboxylic acids is 1. The van der Waals surface area contributed by atoms with Crippen molar-refractivity contribution in [2.45, 2.75) is 44.7 Å². The van der Waals surface area contributed by atoms with Crippen molar-refractivity contribution in [1.82, 2.24) is 25.0 Å². The van der Waals surface area contributed by atoms with Gasteiger partial charge in [0.05, 0.1) is 32.4 Å². The van der Waals surface area contributed by atoms with Crippen molar-refractivity contribution in [3.05, 3.63) is 59.8 Å². The van der Waals surface area contributed by atoms with Gasteiger partial charge in [0, 0.05) is 62.2 Å². The zero-order chi connectivity index (χ0) is 36.5. The minimum absolute atomic E-state index is 0.0709. The molecule has 2 atom stereocenters. The molecule has 2 saturated heterocycles. The monoisotopic (exact) mass is 705 g/mol. The molecule has 0 radical (unpaired) electrons. The number of carboxylic acid groups (broad SMARTS) is 1. The van der Waals surface area contributed by atoms with Crippen LogP contribution in [0.4, 0.5) is 4.79 Å². The van der Waals surface area contributed by atoms with Gasteiger partial charge in [-0.1, -0.05) is 12.1 Å². The van der Waals surface area contributed by atoms with Gasteiger partial charge in [-0.25, -0.2) is 9.78 Å². The number of piperazine rings is 1. The Kier molecular flexibility index (Phi) is 12.1. The predicted octanol–water partition coefficient (Wildman–Crippen LogP) is 3.26. The van der Waals surface area contributed by atoms with Gasteiger partial charge >= 0.3 is 12.1 Å². The number of nitrogens with zero attached hydrogens (tertiary/aromatic N) is 4. The van der Waals surface area contributed by atoms with E-state index in [0.717, 1.165) is 18.4 Å². The first-order valence-electron chi connectivity index (χ1n) is 16.9. The molecule has 0 saturated carbocycles. The van der Waals surface area contributed by atoms with Gasteiger partial charge < -0.3 is 44.1 Å². The number of aromatic nitrogens is 1. The molecule has 3 aromatic rings. The van der Waals surface area contributed by atoms with Crippen molar-refractivity contribution >= 4 is 40.7 Å². The Morgan fingerprint density at radius 1 is 0.941 bits per heavy atom. The molecule has 0 spiro atoms. The van der Waals surface area contributed by atoms with Crippen LogP contribution in [0, 0.1) is 0 Å². The second-order valence-electron chi connectivity index (χ2n) is 12.1. The maximum atomic E-state index is 13.6. The van der Waals surface area contributed by atoms with Crippen LogP contribution in [-0.2, 0) is 19.1 Å². The van der Waals surface area contributed by atoms with E-state index >= 15 is 0 Å². The molecule has 15 heteroatoms. The van der Waals surface area contributed by atoms with Crippen molar-refractivity contribution in [3.63, 3.8) is 0 Å². The highest BCUT2D eigenvalue weighted by Gasteiger charge is 2.33. The van der Waals surface area contributed by atoms with Gasteiger partial charge in [-0.3, -0.25) is 19.2 Å². The number of rotatable bonds is 13. The number of amides is 4. The molecule has 0 aliphatic carbocycles. The number of benzene rings is 2.